The van der Waals surface area contributed by atoms with Crippen LogP contribution < -0.4 is 5.73 Å². The summed E-state index contributed by atoms with van der Waals surface area (Å²) in [6.45, 7) is 3.94. The summed E-state index contributed by atoms with van der Waals surface area (Å²) in [5.74, 6) is -81.1. The molecule has 0 spiro atoms. The Morgan fingerprint density at radius 1 is 0.561 bits per heavy atom. The molecule has 0 saturated carbocycles. The Hall–Kier alpha value is -1.93. The molecule has 0 aliphatic heterocycles. The Kier molecular flexibility index (Phi) is 11.0. The van der Waals surface area contributed by atoms with Gasteiger partial charge in [0.2, 0.25) is 0 Å². The van der Waals surface area contributed by atoms with Crippen LogP contribution in [0.2, 0.25) is 0 Å². The number of hydrogen-bond donors (Lipinski definition) is 2. The normalized spacial score (nSPS) is 16.6. The van der Waals surface area contributed by atoms with E-state index in [0.717, 1.165) is 0 Å². The predicted molar refractivity (Wildman–Crippen MR) is 86.3 cm³/mol. The number of rotatable bonds is 11. The SMILES string of the molecule is C=CCN.O=S(=O)(O)C(F)C(F)(F)C(F)(F)C(F)(F)C(F)(F)C(F)(F)C(F)(F)C(F)(F)C(F)(F)C(F)(F)C(F)(F)F. The molecule has 0 heterocycles. The zero-order chi connectivity index (χ0) is 34.5. The maximum atomic E-state index is 13.4. The predicted octanol–water partition coefficient (Wildman–Crippen LogP) is 6.58. The van der Waals surface area contributed by atoms with Gasteiger partial charge in [0.15, 0.2) is 0 Å². The van der Waals surface area contributed by atoms with Crippen molar-refractivity contribution in [3.63, 3.8) is 0 Å². The highest BCUT2D eigenvalue weighted by Gasteiger charge is 2.98. The Morgan fingerprint density at radius 2 is 0.756 bits per heavy atom. The molecule has 0 saturated heterocycles. The highest BCUT2D eigenvalue weighted by molar-refractivity contribution is 7.86. The molecule has 0 aromatic heterocycles. The third-order valence-electron chi connectivity index (χ3n) is 4.25. The first-order valence-corrected chi connectivity index (χ1v) is 10.2. The van der Waals surface area contributed by atoms with Crippen LogP contribution in [-0.4, -0.2) is 84.5 Å². The van der Waals surface area contributed by atoms with E-state index in [1.165, 1.54) is 0 Å². The molecule has 4 nitrogen and oxygen atoms in total. The molecular formula is C14H9F22NO3S. The fourth-order valence-corrected chi connectivity index (χ4v) is 2.42. The lowest BCUT2D eigenvalue weighted by atomic mass is 9.86. The van der Waals surface area contributed by atoms with Crippen molar-refractivity contribution in [3.8, 4) is 0 Å². The molecule has 248 valence electrons. The quantitative estimate of drug-likeness (QED) is 0.146. The second-order valence-electron chi connectivity index (χ2n) is 7.07. The first-order valence-electron chi connectivity index (χ1n) is 8.70. The maximum Gasteiger partial charge on any atom is 0.460 e. The third kappa shape index (κ3) is 5.84. The van der Waals surface area contributed by atoms with Crippen molar-refractivity contribution in [3.05, 3.63) is 12.7 Å². The molecule has 1 atom stereocenters. The average Bonchev–Trinajstić information content (AvgIpc) is 2.75. The van der Waals surface area contributed by atoms with Crippen molar-refractivity contribution in [1.29, 1.82) is 0 Å². The minimum absolute atomic E-state index is 0.583. The van der Waals surface area contributed by atoms with E-state index in [1.807, 2.05) is 0 Å². The monoisotopic (exact) mass is 689 g/mol. The van der Waals surface area contributed by atoms with Crippen molar-refractivity contribution < 1.29 is 110 Å². The molecule has 1 unspecified atom stereocenters. The van der Waals surface area contributed by atoms with E-state index in [0.29, 0.717) is 6.54 Å². The molecular weight excluding hydrogens is 680 g/mol. The van der Waals surface area contributed by atoms with Gasteiger partial charge in [-0.1, -0.05) is 6.08 Å². The van der Waals surface area contributed by atoms with Gasteiger partial charge in [-0.15, -0.1) is 6.58 Å². The molecule has 0 aromatic rings. The van der Waals surface area contributed by atoms with E-state index >= 15 is 0 Å². The molecule has 0 aliphatic rings. The lowest BCUT2D eigenvalue weighted by Gasteiger charge is -2.44. The molecule has 3 N–H and O–H groups in total. The fourth-order valence-electron chi connectivity index (χ4n) is 1.90. The zero-order valence-corrected chi connectivity index (χ0v) is 18.9. The van der Waals surface area contributed by atoms with Crippen LogP contribution >= 0.6 is 0 Å². The smallest absolute Gasteiger partial charge is 0.327 e. The lowest BCUT2D eigenvalue weighted by Crippen LogP contribution is -2.77. The van der Waals surface area contributed by atoms with Gasteiger partial charge in [-0.2, -0.15) is 101 Å². The van der Waals surface area contributed by atoms with E-state index in [-0.39, 0.29) is 0 Å². The van der Waals surface area contributed by atoms with Gasteiger partial charge in [-0.25, -0.2) is 4.39 Å². The lowest BCUT2D eigenvalue weighted by molar-refractivity contribution is -0.474. The van der Waals surface area contributed by atoms with Crippen LogP contribution in [0.1, 0.15) is 0 Å². The molecule has 41 heavy (non-hydrogen) atoms. The number of hydrogen-bond acceptors (Lipinski definition) is 3. The van der Waals surface area contributed by atoms with Crippen molar-refractivity contribution in [2.24, 2.45) is 5.73 Å². The summed E-state index contributed by atoms with van der Waals surface area (Å²) >= 11 is 0. The molecule has 0 radical (unpaired) electrons. The van der Waals surface area contributed by atoms with Gasteiger partial charge in [-0.05, 0) is 0 Å². The minimum Gasteiger partial charge on any atom is -0.327 e. The summed E-state index contributed by atoms with van der Waals surface area (Å²) in [4.78, 5) is 0. The van der Waals surface area contributed by atoms with Crippen molar-refractivity contribution in [2.75, 3.05) is 6.54 Å². The highest BCUT2D eigenvalue weighted by Crippen LogP contribution is 2.66. The van der Waals surface area contributed by atoms with E-state index in [9.17, 15) is 105 Å². The Labute approximate surface area is 210 Å². The maximum absolute atomic E-state index is 13.4. The molecule has 0 rings (SSSR count). The molecule has 0 bridgehead atoms. The zero-order valence-electron chi connectivity index (χ0n) is 18.1. The van der Waals surface area contributed by atoms with Gasteiger partial charge in [0.25, 0.3) is 5.50 Å². The fraction of sp³-hybridized carbons (Fsp3) is 0.857. The summed E-state index contributed by atoms with van der Waals surface area (Å²) in [5, 5.41) is 0. The Morgan fingerprint density at radius 3 is 0.927 bits per heavy atom. The van der Waals surface area contributed by atoms with Crippen LogP contribution in [0.25, 0.3) is 0 Å². The molecule has 0 aromatic carbocycles. The van der Waals surface area contributed by atoms with E-state index < -0.39 is 75.1 Å². The molecule has 27 heteroatoms. The second-order valence-corrected chi connectivity index (χ2v) is 8.52. The molecule has 0 aliphatic carbocycles. The molecule has 0 fully saturated rings. The van der Waals surface area contributed by atoms with Crippen molar-refractivity contribution in [2.45, 2.75) is 65.0 Å². The molecule has 0 amide bonds. The van der Waals surface area contributed by atoms with Gasteiger partial charge >= 0.3 is 69.6 Å². The van der Waals surface area contributed by atoms with Crippen LogP contribution in [0.4, 0.5) is 96.6 Å². The summed E-state index contributed by atoms with van der Waals surface area (Å²) in [6, 6.07) is 0. The Bertz CT molecular complexity index is 1030. The van der Waals surface area contributed by atoms with Gasteiger partial charge < -0.3 is 5.73 Å². The third-order valence-corrected chi connectivity index (χ3v) is 5.07. The standard InChI is InChI=1S/C11H2F22O3S.C3H7N/c12-1(37(34,35)36)2(13,14)3(15,16)4(17,18)5(19,20)6(21,22)7(23,24)8(25,26)9(27,28)10(29,30)11(31,32)33;1-2-3-4/h1H,(H,34,35,36);2H,1,3-4H2. The first-order chi connectivity index (χ1) is 17.3. The van der Waals surface area contributed by atoms with Gasteiger partial charge in [0.05, 0.1) is 0 Å². The van der Waals surface area contributed by atoms with Gasteiger partial charge in [0, 0.05) is 6.54 Å². The van der Waals surface area contributed by atoms with Crippen molar-refractivity contribution in [1.82, 2.24) is 0 Å². The number of alkyl halides is 22. The van der Waals surface area contributed by atoms with Gasteiger partial charge in [-0.3, -0.25) is 4.55 Å². The van der Waals surface area contributed by atoms with Crippen LogP contribution in [-0.2, 0) is 10.1 Å². The average molecular weight is 689 g/mol. The van der Waals surface area contributed by atoms with Gasteiger partial charge in [0.1, 0.15) is 0 Å². The largest absolute Gasteiger partial charge is 0.460 e. The number of halogens is 22. The van der Waals surface area contributed by atoms with E-state index in [2.05, 4.69) is 6.58 Å². The van der Waals surface area contributed by atoms with E-state index in [1.54, 1.807) is 6.08 Å². The summed E-state index contributed by atoms with van der Waals surface area (Å²) in [5.41, 5.74) is -1.30. The van der Waals surface area contributed by atoms with Crippen LogP contribution in [0.15, 0.2) is 12.7 Å². The summed E-state index contributed by atoms with van der Waals surface area (Å²) < 4.78 is 314. The highest BCUT2D eigenvalue weighted by atomic mass is 32.2. The van der Waals surface area contributed by atoms with Crippen molar-refractivity contribution >= 4 is 10.1 Å². The topological polar surface area (TPSA) is 80.4 Å². The van der Waals surface area contributed by atoms with Crippen LogP contribution in [0.3, 0.4) is 0 Å². The number of nitrogens with two attached hydrogens (primary N) is 1. The second kappa shape index (κ2) is 11.0. The first kappa shape index (κ1) is 41.2. The van der Waals surface area contributed by atoms with Crippen LogP contribution in [0, 0.1) is 0 Å². The summed E-state index contributed by atoms with van der Waals surface area (Å²) in [7, 11) is -7.41. The van der Waals surface area contributed by atoms with Crippen LogP contribution in [0.5, 0.6) is 0 Å². The van der Waals surface area contributed by atoms with E-state index in [4.69, 9.17) is 10.3 Å². The summed E-state index contributed by atoms with van der Waals surface area (Å²) in [6.07, 6.45) is -6.46. The Balaban J connectivity index is 0. The minimum atomic E-state index is -9.44.